The molecule has 0 bridgehead atoms. The van der Waals surface area contributed by atoms with Crippen LogP contribution in [0.3, 0.4) is 0 Å². The van der Waals surface area contributed by atoms with Crippen molar-refractivity contribution in [2.24, 2.45) is 0 Å². The zero-order valence-corrected chi connectivity index (χ0v) is 12.9. The van der Waals surface area contributed by atoms with Crippen molar-refractivity contribution in [3.05, 3.63) is 77.9 Å². The molecule has 0 saturated carbocycles. The number of carbonyl (C=O) groups is 1. The first-order valence-electron chi connectivity index (χ1n) is 7.00. The van der Waals surface area contributed by atoms with Crippen molar-refractivity contribution >= 4 is 28.2 Å². The molecule has 110 valence electrons. The summed E-state index contributed by atoms with van der Waals surface area (Å²) in [5.74, 6) is 0.705. The van der Waals surface area contributed by atoms with Gasteiger partial charge in [0.1, 0.15) is 11.1 Å². The van der Waals surface area contributed by atoms with Gasteiger partial charge in [-0.1, -0.05) is 48.5 Å². The van der Waals surface area contributed by atoms with E-state index in [4.69, 9.17) is 16.3 Å². The van der Waals surface area contributed by atoms with E-state index in [2.05, 4.69) is 0 Å². The van der Waals surface area contributed by atoms with Crippen molar-refractivity contribution in [2.75, 3.05) is 7.11 Å². The minimum Gasteiger partial charge on any atom is -0.497 e. The molecule has 0 aromatic heterocycles. The largest absolute Gasteiger partial charge is 0.497 e. The Hall–Kier alpha value is -2.32. The third-order valence-electron chi connectivity index (χ3n) is 3.65. The van der Waals surface area contributed by atoms with Crippen LogP contribution in [0.1, 0.15) is 21.3 Å². The third kappa shape index (κ3) is 2.83. The molecular weight excluding hydrogens is 296 g/mol. The molecule has 3 heteroatoms. The molecule has 0 N–H and O–H groups in total. The smallest absolute Gasteiger partial charge is 0.185 e. The Morgan fingerprint density at radius 1 is 0.955 bits per heavy atom. The van der Waals surface area contributed by atoms with Crippen molar-refractivity contribution in [3.8, 4) is 5.75 Å². The monoisotopic (exact) mass is 310 g/mol. The van der Waals surface area contributed by atoms with Gasteiger partial charge in [0.25, 0.3) is 0 Å². The predicted octanol–water partition coefficient (Wildman–Crippen LogP) is 5.01. The van der Waals surface area contributed by atoms with Crippen LogP contribution < -0.4 is 4.74 Å². The molecule has 0 saturated heterocycles. The summed E-state index contributed by atoms with van der Waals surface area (Å²) in [6.07, 6.45) is 0. The molecule has 0 heterocycles. The number of carbonyl (C=O) groups excluding carboxylic acids is 1. The van der Waals surface area contributed by atoms with Gasteiger partial charge < -0.3 is 4.74 Å². The normalized spacial score (nSPS) is 12.1. The number of fused-ring (bicyclic) bond motifs is 1. The van der Waals surface area contributed by atoms with Crippen molar-refractivity contribution < 1.29 is 9.53 Å². The van der Waals surface area contributed by atoms with Gasteiger partial charge in [-0.05, 0) is 34.5 Å². The van der Waals surface area contributed by atoms with E-state index in [1.807, 2.05) is 66.7 Å². The van der Waals surface area contributed by atoms with E-state index in [-0.39, 0.29) is 5.78 Å². The second-order valence-electron chi connectivity index (χ2n) is 5.07. The van der Waals surface area contributed by atoms with Crippen LogP contribution >= 0.6 is 11.6 Å². The number of benzene rings is 3. The fourth-order valence-electron chi connectivity index (χ4n) is 2.42. The number of rotatable bonds is 4. The van der Waals surface area contributed by atoms with Crippen LogP contribution in [0.5, 0.6) is 5.75 Å². The molecule has 1 atom stereocenters. The van der Waals surface area contributed by atoms with Crippen LogP contribution in [0.4, 0.5) is 0 Å². The number of hydrogen-bond donors (Lipinski definition) is 0. The topological polar surface area (TPSA) is 26.3 Å². The van der Waals surface area contributed by atoms with E-state index < -0.39 is 5.38 Å². The molecule has 0 aliphatic carbocycles. The van der Waals surface area contributed by atoms with Gasteiger partial charge in [-0.15, -0.1) is 11.6 Å². The van der Waals surface area contributed by atoms with Crippen molar-refractivity contribution in [1.82, 2.24) is 0 Å². The highest BCUT2D eigenvalue weighted by Crippen LogP contribution is 2.27. The summed E-state index contributed by atoms with van der Waals surface area (Å²) in [7, 11) is 1.64. The lowest BCUT2D eigenvalue weighted by Crippen LogP contribution is -2.07. The number of alkyl halides is 1. The zero-order chi connectivity index (χ0) is 15.5. The first kappa shape index (κ1) is 14.6. The summed E-state index contributed by atoms with van der Waals surface area (Å²) in [5, 5.41) is 1.35. The van der Waals surface area contributed by atoms with Gasteiger partial charge >= 0.3 is 0 Å². The van der Waals surface area contributed by atoms with Gasteiger partial charge in [-0.3, -0.25) is 4.79 Å². The minimum atomic E-state index is -0.670. The molecule has 3 rings (SSSR count). The summed E-state index contributed by atoms with van der Waals surface area (Å²) in [6.45, 7) is 0. The average molecular weight is 311 g/mol. The van der Waals surface area contributed by atoms with E-state index in [0.29, 0.717) is 5.56 Å². The lowest BCUT2D eigenvalue weighted by Gasteiger charge is -2.10. The molecule has 0 spiro atoms. The molecule has 3 aromatic carbocycles. The van der Waals surface area contributed by atoms with Crippen LogP contribution in [0.2, 0.25) is 0 Å². The van der Waals surface area contributed by atoms with Crippen LogP contribution in [0.15, 0.2) is 66.7 Å². The summed E-state index contributed by atoms with van der Waals surface area (Å²) < 4.78 is 5.21. The lowest BCUT2D eigenvalue weighted by atomic mass is 9.99. The summed E-state index contributed by atoms with van der Waals surface area (Å²) >= 11 is 6.32. The van der Waals surface area contributed by atoms with E-state index in [0.717, 1.165) is 22.1 Å². The molecule has 22 heavy (non-hydrogen) atoms. The molecule has 1 unspecified atom stereocenters. The van der Waals surface area contributed by atoms with E-state index in [1.165, 1.54) is 0 Å². The molecule has 3 aromatic rings. The van der Waals surface area contributed by atoms with Crippen LogP contribution in [0, 0.1) is 0 Å². The fourth-order valence-corrected chi connectivity index (χ4v) is 2.70. The first-order chi connectivity index (χ1) is 10.7. The molecule has 0 amide bonds. The van der Waals surface area contributed by atoms with Crippen LogP contribution in [-0.4, -0.2) is 12.9 Å². The van der Waals surface area contributed by atoms with Crippen molar-refractivity contribution in [2.45, 2.75) is 5.38 Å². The second-order valence-corrected chi connectivity index (χ2v) is 5.50. The number of methoxy groups -OCH3 is 1. The zero-order valence-electron chi connectivity index (χ0n) is 12.1. The number of ether oxygens (including phenoxy) is 1. The second kappa shape index (κ2) is 6.20. The maximum atomic E-state index is 12.6. The van der Waals surface area contributed by atoms with Gasteiger partial charge in [0.05, 0.1) is 7.11 Å². The Balaban J connectivity index is 1.94. The predicted molar refractivity (Wildman–Crippen MR) is 89.9 cm³/mol. The molecule has 0 fully saturated rings. The van der Waals surface area contributed by atoms with Gasteiger partial charge in [-0.25, -0.2) is 0 Å². The third-order valence-corrected chi connectivity index (χ3v) is 4.10. The van der Waals surface area contributed by atoms with Crippen LogP contribution in [0.25, 0.3) is 10.8 Å². The number of halogens is 1. The quantitative estimate of drug-likeness (QED) is 0.500. The van der Waals surface area contributed by atoms with E-state index in [1.54, 1.807) is 7.11 Å². The molecule has 0 radical (unpaired) electrons. The van der Waals surface area contributed by atoms with Crippen molar-refractivity contribution in [3.63, 3.8) is 0 Å². The minimum absolute atomic E-state index is 0.0921. The standard InChI is InChI=1S/C19H15ClO2/c1-22-17-10-9-14-11-16(8-7-15(14)12-17)19(21)18(20)13-5-3-2-4-6-13/h2-12,18H,1H3. The molecular formula is C19H15ClO2. The van der Waals surface area contributed by atoms with E-state index >= 15 is 0 Å². The van der Waals surface area contributed by atoms with Gasteiger partial charge in [0.2, 0.25) is 0 Å². The molecule has 0 aliphatic rings. The first-order valence-corrected chi connectivity index (χ1v) is 7.44. The Bertz CT molecular complexity index is 812. The molecule has 2 nitrogen and oxygen atoms in total. The number of Topliss-reactive ketones (excluding diaryl/α,β-unsaturated/α-hetero) is 1. The lowest BCUT2D eigenvalue weighted by molar-refractivity contribution is 0.0987. The Labute approximate surface area is 134 Å². The Kier molecular flexibility index (Phi) is 4.12. The summed E-state index contributed by atoms with van der Waals surface area (Å²) in [6, 6.07) is 20.7. The highest BCUT2D eigenvalue weighted by Gasteiger charge is 2.19. The average Bonchev–Trinajstić information content (AvgIpc) is 2.60. The van der Waals surface area contributed by atoms with E-state index in [9.17, 15) is 4.79 Å². The fraction of sp³-hybridized carbons (Fsp3) is 0.105. The van der Waals surface area contributed by atoms with Crippen LogP contribution in [-0.2, 0) is 0 Å². The SMILES string of the molecule is COc1ccc2cc(C(=O)C(Cl)c3ccccc3)ccc2c1. The summed E-state index contributed by atoms with van der Waals surface area (Å²) in [5.41, 5.74) is 1.42. The Morgan fingerprint density at radius 2 is 1.64 bits per heavy atom. The molecule has 0 aliphatic heterocycles. The maximum Gasteiger partial charge on any atom is 0.185 e. The Morgan fingerprint density at radius 3 is 2.36 bits per heavy atom. The number of hydrogen-bond acceptors (Lipinski definition) is 2. The van der Waals surface area contributed by atoms with Crippen molar-refractivity contribution in [1.29, 1.82) is 0 Å². The maximum absolute atomic E-state index is 12.6. The van der Waals surface area contributed by atoms with Gasteiger partial charge in [0.15, 0.2) is 5.78 Å². The van der Waals surface area contributed by atoms with Gasteiger partial charge in [-0.2, -0.15) is 0 Å². The summed E-state index contributed by atoms with van der Waals surface area (Å²) in [4.78, 5) is 12.6. The van der Waals surface area contributed by atoms with Gasteiger partial charge in [0, 0.05) is 5.56 Å². The highest BCUT2D eigenvalue weighted by molar-refractivity contribution is 6.34. The highest BCUT2D eigenvalue weighted by atomic mass is 35.5. The number of ketones is 1.